The van der Waals surface area contributed by atoms with Gasteiger partial charge in [-0.15, -0.1) is 0 Å². The van der Waals surface area contributed by atoms with Crippen LogP contribution in [0.5, 0.6) is 5.75 Å². The van der Waals surface area contributed by atoms with Crippen molar-refractivity contribution in [2.45, 2.75) is 59.0 Å². The molecule has 0 unspecified atom stereocenters. The molecule has 2 N–H and O–H groups in total. The van der Waals surface area contributed by atoms with Crippen LogP contribution in [0.15, 0.2) is 54.7 Å². The molecule has 1 aliphatic heterocycles. The van der Waals surface area contributed by atoms with E-state index in [2.05, 4.69) is 25.1 Å². The van der Waals surface area contributed by atoms with E-state index >= 15 is 0 Å². The van der Waals surface area contributed by atoms with Gasteiger partial charge in [0.25, 0.3) is 0 Å². The van der Waals surface area contributed by atoms with E-state index < -0.39 is 11.6 Å². The van der Waals surface area contributed by atoms with Crippen molar-refractivity contribution in [3.63, 3.8) is 0 Å². The summed E-state index contributed by atoms with van der Waals surface area (Å²) < 4.78 is 5.86. The minimum absolute atomic E-state index is 0.0224. The van der Waals surface area contributed by atoms with E-state index in [-0.39, 0.29) is 6.42 Å². The number of carboxylic acid groups (broad SMARTS) is 1. The van der Waals surface area contributed by atoms with Crippen LogP contribution in [-0.2, 0) is 17.6 Å². The Labute approximate surface area is 206 Å². The molecule has 0 aliphatic carbocycles. The monoisotopic (exact) mass is 471 g/mol. The highest BCUT2D eigenvalue weighted by Crippen LogP contribution is 2.42. The van der Waals surface area contributed by atoms with Gasteiger partial charge in [-0.05, 0) is 78.4 Å². The maximum atomic E-state index is 11.6. The number of ether oxygens (including phenoxy) is 1. The summed E-state index contributed by atoms with van der Waals surface area (Å²) in [6.07, 6.45) is 4.62. The lowest BCUT2D eigenvalue weighted by Crippen LogP contribution is -2.16. The van der Waals surface area contributed by atoms with Crippen molar-refractivity contribution < 1.29 is 19.7 Å². The Hall–Kier alpha value is -3.44. The van der Waals surface area contributed by atoms with Crippen LogP contribution in [-0.4, -0.2) is 33.4 Å². The summed E-state index contributed by atoms with van der Waals surface area (Å²) in [6, 6.07) is 16.2. The number of carbonyl (C=O) groups is 1. The first-order chi connectivity index (χ1) is 16.7. The van der Waals surface area contributed by atoms with Crippen LogP contribution in [0.1, 0.15) is 50.3 Å². The van der Waals surface area contributed by atoms with E-state index in [9.17, 15) is 9.90 Å². The first-order valence-corrected chi connectivity index (χ1v) is 12.2. The van der Waals surface area contributed by atoms with Crippen molar-refractivity contribution in [1.29, 1.82) is 0 Å². The molecule has 0 atom stereocenters. The highest BCUT2D eigenvalue weighted by Gasteiger charge is 2.21. The fourth-order valence-electron chi connectivity index (χ4n) is 4.93. The number of carboxylic acids is 1. The molecular weight excluding hydrogens is 438 g/mol. The predicted octanol–water partition coefficient (Wildman–Crippen LogP) is 6.48. The standard InChI is InChI=1S/C24H19NO3.C6H14O/c1-14-12-16-4-2-3-5-17(16)23(19(14)13-21(26)27)18-6-7-20-22-15(9-11-28-20)8-10-25-24(18)22;1-4-5-6(2,3)7/h2-8,10,12H,9,11,13H2,1H3,(H,26,27);7H,4-5H2,1-3H3. The number of hydrogen-bond donors (Lipinski definition) is 2. The van der Waals surface area contributed by atoms with Gasteiger partial charge in [-0.25, -0.2) is 0 Å². The first-order valence-electron chi connectivity index (χ1n) is 12.2. The molecule has 0 bridgehead atoms. The van der Waals surface area contributed by atoms with Gasteiger partial charge in [0.15, 0.2) is 0 Å². The molecule has 5 nitrogen and oxygen atoms in total. The summed E-state index contributed by atoms with van der Waals surface area (Å²) in [7, 11) is 0. The molecular formula is C30H33NO4. The molecule has 0 saturated carbocycles. The van der Waals surface area contributed by atoms with E-state index in [1.165, 1.54) is 5.56 Å². The van der Waals surface area contributed by atoms with Crippen molar-refractivity contribution in [2.24, 2.45) is 0 Å². The maximum Gasteiger partial charge on any atom is 0.307 e. The average molecular weight is 472 g/mol. The van der Waals surface area contributed by atoms with Crippen LogP contribution in [0, 0.1) is 6.92 Å². The Morgan fingerprint density at radius 3 is 2.60 bits per heavy atom. The molecule has 4 aromatic rings. The fraction of sp³-hybridized carbons (Fsp3) is 0.333. The molecule has 0 saturated heterocycles. The van der Waals surface area contributed by atoms with Crippen LogP contribution in [0.3, 0.4) is 0 Å². The Morgan fingerprint density at radius 2 is 1.91 bits per heavy atom. The Morgan fingerprint density at radius 1 is 1.14 bits per heavy atom. The van der Waals surface area contributed by atoms with Gasteiger partial charge in [-0.3, -0.25) is 9.78 Å². The van der Waals surface area contributed by atoms with Crippen molar-refractivity contribution in [1.82, 2.24) is 4.98 Å². The fourth-order valence-corrected chi connectivity index (χ4v) is 4.93. The van der Waals surface area contributed by atoms with Gasteiger partial charge >= 0.3 is 5.97 Å². The number of benzene rings is 3. The average Bonchev–Trinajstić information content (AvgIpc) is 2.80. The second-order valence-electron chi connectivity index (χ2n) is 9.80. The zero-order valence-corrected chi connectivity index (χ0v) is 20.9. The van der Waals surface area contributed by atoms with E-state index in [1.807, 2.05) is 57.3 Å². The zero-order chi connectivity index (χ0) is 25.2. The van der Waals surface area contributed by atoms with Crippen LogP contribution in [0.25, 0.3) is 32.8 Å². The molecule has 35 heavy (non-hydrogen) atoms. The Bertz CT molecular complexity index is 1370. The number of aromatic nitrogens is 1. The second-order valence-corrected chi connectivity index (χ2v) is 9.80. The molecule has 1 aliphatic rings. The lowest BCUT2D eigenvalue weighted by atomic mass is 9.87. The van der Waals surface area contributed by atoms with Crippen LogP contribution in [0.4, 0.5) is 0 Å². The van der Waals surface area contributed by atoms with Gasteiger partial charge in [0.05, 0.1) is 24.1 Å². The van der Waals surface area contributed by atoms with Gasteiger partial charge in [-0.1, -0.05) is 43.7 Å². The lowest BCUT2D eigenvalue weighted by molar-refractivity contribution is -0.136. The van der Waals surface area contributed by atoms with Crippen LogP contribution in [0.2, 0.25) is 0 Å². The quantitative estimate of drug-likeness (QED) is 0.348. The molecule has 3 aromatic carbocycles. The largest absolute Gasteiger partial charge is 0.493 e. The van der Waals surface area contributed by atoms with Gasteiger partial charge in [-0.2, -0.15) is 0 Å². The predicted molar refractivity (Wildman–Crippen MR) is 141 cm³/mol. The number of rotatable bonds is 5. The SMILES string of the molecule is CCCC(C)(C)O.Cc1cc2ccccc2c(-c2ccc3c4c(ccnc24)CCO3)c1CC(=O)O. The van der Waals surface area contributed by atoms with Gasteiger partial charge < -0.3 is 14.9 Å². The zero-order valence-electron chi connectivity index (χ0n) is 20.9. The minimum atomic E-state index is -0.835. The smallest absolute Gasteiger partial charge is 0.307 e. The third-order valence-corrected chi connectivity index (χ3v) is 6.41. The number of fused-ring (bicyclic) bond motifs is 1. The Balaban J connectivity index is 0.000000364. The van der Waals surface area contributed by atoms with Crippen LogP contribution < -0.4 is 4.74 Å². The third kappa shape index (κ3) is 5.30. The van der Waals surface area contributed by atoms with E-state index in [4.69, 9.17) is 14.8 Å². The molecule has 0 amide bonds. The number of aryl methyl sites for hydroxylation is 1. The molecule has 2 heterocycles. The molecule has 182 valence electrons. The van der Waals surface area contributed by atoms with Gasteiger partial charge in [0.2, 0.25) is 0 Å². The first kappa shape index (κ1) is 24.7. The number of aliphatic carboxylic acids is 1. The summed E-state index contributed by atoms with van der Waals surface area (Å²) in [4.78, 5) is 16.3. The summed E-state index contributed by atoms with van der Waals surface area (Å²) in [5.41, 5.74) is 5.39. The highest BCUT2D eigenvalue weighted by atomic mass is 16.5. The summed E-state index contributed by atoms with van der Waals surface area (Å²) in [5.74, 6) is 0.0171. The molecule has 0 fully saturated rings. The topological polar surface area (TPSA) is 79.7 Å². The van der Waals surface area contributed by atoms with Crippen molar-refractivity contribution >= 4 is 27.6 Å². The van der Waals surface area contributed by atoms with E-state index in [0.29, 0.717) is 6.61 Å². The van der Waals surface area contributed by atoms with Crippen molar-refractivity contribution in [3.05, 3.63) is 71.4 Å². The lowest BCUT2D eigenvalue weighted by Gasteiger charge is -2.21. The molecule has 0 spiro atoms. The second kappa shape index (κ2) is 10.0. The highest BCUT2D eigenvalue weighted by molar-refractivity contribution is 6.08. The molecule has 5 rings (SSSR count). The van der Waals surface area contributed by atoms with E-state index in [0.717, 1.165) is 68.9 Å². The summed E-state index contributed by atoms with van der Waals surface area (Å²) in [5, 5.41) is 21.7. The minimum Gasteiger partial charge on any atom is -0.493 e. The molecule has 1 aromatic heterocycles. The third-order valence-electron chi connectivity index (χ3n) is 6.41. The number of hydrogen-bond acceptors (Lipinski definition) is 4. The van der Waals surface area contributed by atoms with Crippen molar-refractivity contribution in [2.75, 3.05) is 6.61 Å². The Kier molecular flexibility index (Phi) is 7.08. The summed E-state index contributed by atoms with van der Waals surface area (Å²) in [6.45, 7) is 8.38. The molecule has 0 radical (unpaired) electrons. The molecule has 5 heteroatoms. The normalized spacial score (nSPS) is 12.7. The van der Waals surface area contributed by atoms with Gasteiger partial charge in [0.1, 0.15) is 5.75 Å². The van der Waals surface area contributed by atoms with E-state index in [1.54, 1.807) is 0 Å². The van der Waals surface area contributed by atoms with Crippen molar-refractivity contribution in [3.8, 4) is 16.9 Å². The number of pyridine rings is 1. The number of nitrogens with zero attached hydrogens (tertiary/aromatic N) is 1. The number of aliphatic hydroxyl groups is 1. The summed E-state index contributed by atoms with van der Waals surface area (Å²) >= 11 is 0. The van der Waals surface area contributed by atoms with Crippen LogP contribution >= 0.6 is 0 Å². The maximum absolute atomic E-state index is 11.6. The van der Waals surface area contributed by atoms with Gasteiger partial charge in [0, 0.05) is 23.6 Å².